The smallest absolute Gasteiger partial charge is 0.213 e. The molecule has 0 radical (unpaired) electrons. The van der Waals surface area contributed by atoms with Crippen LogP contribution in [-0.2, 0) is 19.7 Å². The number of rotatable bonds is 8. The molecule has 0 aliphatic carbocycles. The molecular weight excluding hydrogens is 509 g/mol. The van der Waals surface area contributed by atoms with E-state index in [1.807, 2.05) is 56.4 Å². The summed E-state index contributed by atoms with van der Waals surface area (Å²) in [6, 6.07) is 14.0. The van der Waals surface area contributed by atoms with Crippen molar-refractivity contribution in [2.75, 3.05) is 13.6 Å². The molecule has 0 saturated carbocycles. The van der Waals surface area contributed by atoms with E-state index in [-0.39, 0.29) is 24.0 Å². The number of thiazole rings is 1. The molecular formula is C22H28IN5OS. The SMILES string of the molecule is CCNC(=NCc1ccnc(OCc2ccccc2)c1)N(C)Cc1csc(C)n1.I. The molecule has 8 heteroatoms. The largest absolute Gasteiger partial charge is 0.473 e. The zero-order valence-corrected chi connectivity index (χ0v) is 20.7. The van der Waals surface area contributed by atoms with Crippen LogP contribution in [0, 0.1) is 6.92 Å². The van der Waals surface area contributed by atoms with Crippen LogP contribution in [0.5, 0.6) is 5.88 Å². The lowest BCUT2D eigenvalue weighted by Crippen LogP contribution is -2.38. The van der Waals surface area contributed by atoms with E-state index in [1.54, 1.807) is 17.5 Å². The first kappa shape index (κ1) is 24.1. The van der Waals surface area contributed by atoms with Gasteiger partial charge in [-0.2, -0.15) is 0 Å². The van der Waals surface area contributed by atoms with Crippen molar-refractivity contribution in [3.8, 4) is 5.88 Å². The molecule has 0 saturated heterocycles. The van der Waals surface area contributed by atoms with Crippen molar-refractivity contribution in [2.45, 2.75) is 33.5 Å². The Hall–Kier alpha value is -2.20. The summed E-state index contributed by atoms with van der Waals surface area (Å²) >= 11 is 1.67. The molecule has 160 valence electrons. The molecule has 0 unspecified atom stereocenters. The summed E-state index contributed by atoms with van der Waals surface area (Å²) in [4.78, 5) is 15.7. The van der Waals surface area contributed by atoms with Crippen LogP contribution in [0.2, 0.25) is 0 Å². The number of halogens is 1. The van der Waals surface area contributed by atoms with Crippen molar-refractivity contribution in [1.29, 1.82) is 0 Å². The number of ether oxygens (including phenoxy) is 1. The van der Waals surface area contributed by atoms with Crippen molar-refractivity contribution in [2.24, 2.45) is 4.99 Å². The van der Waals surface area contributed by atoms with E-state index < -0.39 is 0 Å². The van der Waals surface area contributed by atoms with E-state index in [4.69, 9.17) is 9.73 Å². The molecule has 1 aromatic carbocycles. The number of hydrogen-bond acceptors (Lipinski definition) is 5. The Bertz CT molecular complexity index is 932. The summed E-state index contributed by atoms with van der Waals surface area (Å²) in [5.74, 6) is 1.46. The molecule has 2 heterocycles. The van der Waals surface area contributed by atoms with Crippen molar-refractivity contribution in [3.63, 3.8) is 0 Å². The van der Waals surface area contributed by atoms with Crippen molar-refractivity contribution in [1.82, 2.24) is 20.2 Å². The van der Waals surface area contributed by atoms with E-state index in [0.29, 0.717) is 19.0 Å². The molecule has 0 bridgehead atoms. The molecule has 0 aliphatic heterocycles. The van der Waals surface area contributed by atoms with Gasteiger partial charge in [0.15, 0.2) is 5.96 Å². The number of benzene rings is 1. The first-order valence-corrected chi connectivity index (χ1v) is 10.5. The summed E-state index contributed by atoms with van der Waals surface area (Å²) in [5.41, 5.74) is 3.23. The number of aromatic nitrogens is 2. The number of nitrogens with zero attached hydrogens (tertiary/aromatic N) is 4. The Balaban J connectivity index is 0.00000320. The number of hydrogen-bond donors (Lipinski definition) is 1. The minimum Gasteiger partial charge on any atom is -0.473 e. The molecule has 3 rings (SSSR count). The summed E-state index contributed by atoms with van der Waals surface area (Å²) in [5, 5.41) is 6.52. The Morgan fingerprint density at radius 3 is 2.70 bits per heavy atom. The van der Waals surface area contributed by atoms with Gasteiger partial charge in [-0.25, -0.2) is 15.0 Å². The van der Waals surface area contributed by atoms with Crippen LogP contribution in [0.3, 0.4) is 0 Å². The van der Waals surface area contributed by atoms with E-state index in [9.17, 15) is 0 Å². The molecule has 2 aromatic heterocycles. The number of aliphatic imine (C=N–C) groups is 1. The first-order chi connectivity index (χ1) is 14.1. The monoisotopic (exact) mass is 537 g/mol. The highest BCUT2D eigenvalue weighted by molar-refractivity contribution is 14.0. The summed E-state index contributed by atoms with van der Waals surface area (Å²) < 4.78 is 5.82. The number of guanidine groups is 1. The predicted octanol–water partition coefficient (Wildman–Crippen LogP) is 4.64. The Morgan fingerprint density at radius 1 is 1.20 bits per heavy atom. The van der Waals surface area contributed by atoms with Crippen LogP contribution in [0.1, 0.15) is 28.8 Å². The fourth-order valence-electron chi connectivity index (χ4n) is 2.79. The van der Waals surface area contributed by atoms with Gasteiger partial charge >= 0.3 is 0 Å². The lowest BCUT2D eigenvalue weighted by Gasteiger charge is -2.21. The van der Waals surface area contributed by atoms with Gasteiger partial charge in [-0.15, -0.1) is 35.3 Å². The third-order valence-electron chi connectivity index (χ3n) is 4.20. The van der Waals surface area contributed by atoms with Gasteiger partial charge in [0, 0.05) is 31.2 Å². The molecule has 0 fully saturated rings. The van der Waals surface area contributed by atoms with E-state index in [2.05, 4.69) is 32.5 Å². The zero-order valence-electron chi connectivity index (χ0n) is 17.5. The number of pyridine rings is 1. The highest BCUT2D eigenvalue weighted by atomic mass is 127. The Labute approximate surface area is 199 Å². The molecule has 0 amide bonds. The maximum absolute atomic E-state index is 5.82. The lowest BCUT2D eigenvalue weighted by atomic mass is 10.2. The summed E-state index contributed by atoms with van der Waals surface area (Å²) in [6.45, 7) is 6.66. The molecule has 0 aliphatic rings. The maximum atomic E-state index is 5.82. The van der Waals surface area contributed by atoms with Gasteiger partial charge in [0.25, 0.3) is 0 Å². The van der Waals surface area contributed by atoms with E-state index in [1.165, 1.54) is 0 Å². The van der Waals surface area contributed by atoms with Crippen LogP contribution < -0.4 is 10.1 Å². The van der Waals surface area contributed by atoms with E-state index >= 15 is 0 Å². The fourth-order valence-corrected chi connectivity index (χ4v) is 3.40. The zero-order chi connectivity index (χ0) is 20.5. The topological polar surface area (TPSA) is 62.6 Å². The molecule has 6 nitrogen and oxygen atoms in total. The van der Waals surface area contributed by atoms with Crippen molar-refractivity contribution < 1.29 is 4.74 Å². The van der Waals surface area contributed by atoms with E-state index in [0.717, 1.165) is 40.9 Å². The third kappa shape index (κ3) is 7.56. The molecule has 30 heavy (non-hydrogen) atoms. The highest BCUT2D eigenvalue weighted by Gasteiger charge is 2.09. The highest BCUT2D eigenvalue weighted by Crippen LogP contribution is 2.13. The van der Waals surface area contributed by atoms with Crippen molar-refractivity contribution >= 4 is 41.3 Å². The van der Waals surface area contributed by atoms with Gasteiger partial charge < -0.3 is 15.0 Å². The van der Waals surface area contributed by atoms with Gasteiger partial charge in [0.05, 0.1) is 23.8 Å². The molecule has 3 aromatic rings. The Morgan fingerprint density at radius 2 is 2.00 bits per heavy atom. The first-order valence-electron chi connectivity index (χ1n) is 9.66. The second-order valence-corrected chi connectivity index (χ2v) is 7.72. The maximum Gasteiger partial charge on any atom is 0.213 e. The minimum atomic E-state index is 0. The Kier molecular flexibility index (Phi) is 10.0. The third-order valence-corrected chi connectivity index (χ3v) is 5.02. The predicted molar refractivity (Wildman–Crippen MR) is 134 cm³/mol. The van der Waals surface area contributed by atoms with Crippen LogP contribution in [-0.4, -0.2) is 34.4 Å². The molecule has 0 atom stereocenters. The van der Waals surface area contributed by atoms with Crippen LogP contribution in [0.4, 0.5) is 0 Å². The van der Waals surface area contributed by atoms with Gasteiger partial charge in [-0.1, -0.05) is 30.3 Å². The average molecular weight is 537 g/mol. The quantitative estimate of drug-likeness (QED) is 0.258. The second-order valence-electron chi connectivity index (χ2n) is 6.66. The van der Waals surface area contributed by atoms with Crippen LogP contribution in [0.25, 0.3) is 0 Å². The normalized spacial score (nSPS) is 11.0. The van der Waals surface area contributed by atoms with Crippen molar-refractivity contribution in [3.05, 3.63) is 75.9 Å². The van der Waals surface area contributed by atoms with Gasteiger partial charge in [-0.3, -0.25) is 0 Å². The lowest BCUT2D eigenvalue weighted by molar-refractivity contribution is 0.293. The average Bonchev–Trinajstić information content (AvgIpc) is 3.15. The van der Waals surface area contributed by atoms with Crippen LogP contribution >= 0.6 is 35.3 Å². The molecule has 0 spiro atoms. The van der Waals surface area contributed by atoms with Gasteiger partial charge in [0.2, 0.25) is 5.88 Å². The minimum absolute atomic E-state index is 0. The summed E-state index contributed by atoms with van der Waals surface area (Å²) in [6.07, 6.45) is 1.76. The molecule has 1 N–H and O–H groups in total. The van der Waals surface area contributed by atoms with Gasteiger partial charge in [0.1, 0.15) is 6.61 Å². The summed E-state index contributed by atoms with van der Waals surface area (Å²) in [7, 11) is 2.02. The fraction of sp³-hybridized carbons (Fsp3) is 0.318. The number of aryl methyl sites for hydroxylation is 1. The van der Waals surface area contributed by atoms with Crippen LogP contribution in [0.15, 0.2) is 59.0 Å². The number of nitrogens with one attached hydrogen (secondary N) is 1. The second kappa shape index (κ2) is 12.5. The van der Waals surface area contributed by atoms with Gasteiger partial charge in [-0.05, 0) is 31.0 Å². The standard InChI is InChI=1S/C22H27N5OS.HI/c1-4-23-22(27(3)14-20-16-29-17(2)26-20)25-13-19-10-11-24-21(12-19)28-15-18-8-6-5-7-9-18;/h5-12,16H,4,13-15H2,1-3H3,(H,23,25);1H.